The lowest BCUT2D eigenvalue weighted by Crippen LogP contribution is -2.37. The summed E-state index contributed by atoms with van der Waals surface area (Å²) in [5.74, 6) is 3.03. The Bertz CT molecular complexity index is 944. The summed E-state index contributed by atoms with van der Waals surface area (Å²) in [5, 5.41) is 8.30. The van der Waals surface area contributed by atoms with Crippen LogP contribution >= 0.6 is 0 Å². The van der Waals surface area contributed by atoms with E-state index in [9.17, 15) is 0 Å². The molecule has 152 valence electrons. The van der Waals surface area contributed by atoms with Crippen molar-refractivity contribution in [3.63, 3.8) is 0 Å². The van der Waals surface area contributed by atoms with Gasteiger partial charge in [0.15, 0.2) is 5.82 Å². The number of benzene rings is 1. The minimum atomic E-state index is 0.426. The average molecular weight is 392 g/mol. The number of fused-ring (bicyclic) bond motifs is 1. The van der Waals surface area contributed by atoms with Crippen molar-refractivity contribution in [2.24, 2.45) is 0 Å². The highest BCUT2D eigenvalue weighted by Gasteiger charge is 2.21. The summed E-state index contributed by atoms with van der Waals surface area (Å²) < 4.78 is 8.13. The fourth-order valence-electron chi connectivity index (χ4n) is 3.94. The van der Waals surface area contributed by atoms with Crippen LogP contribution in [0.2, 0.25) is 0 Å². The zero-order valence-electron chi connectivity index (χ0n) is 17.5. The van der Waals surface area contributed by atoms with Crippen molar-refractivity contribution in [1.82, 2.24) is 25.1 Å². The van der Waals surface area contributed by atoms with Gasteiger partial charge in [0.2, 0.25) is 0 Å². The second kappa shape index (κ2) is 8.74. The maximum absolute atomic E-state index is 6.05. The number of rotatable bonds is 7. The first-order valence-electron chi connectivity index (χ1n) is 10.4. The molecule has 6 heteroatoms. The van der Waals surface area contributed by atoms with E-state index in [0.717, 1.165) is 66.6 Å². The molecule has 4 rings (SSSR count). The number of nitrogens with zero attached hydrogens (tertiary/aromatic N) is 4. The molecule has 1 unspecified atom stereocenters. The second-order valence-electron chi connectivity index (χ2n) is 7.76. The lowest BCUT2D eigenvalue weighted by molar-refractivity contribution is 0.297. The molecule has 29 heavy (non-hydrogen) atoms. The molecule has 0 amide bonds. The first-order chi connectivity index (χ1) is 14.1. The van der Waals surface area contributed by atoms with E-state index in [1.807, 2.05) is 18.2 Å². The third kappa shape index (κ3) is 4.65. The van der Waals surface area contributed by atoms with E-state index in [1.54, 1.807) is 6.20 Å². The largest absolute Gasteiger partial charge is 0.487 e. The standard InChI is InChI=1S/C23H29N5O/c1-4-21-26-22-9-8-19(14-28(22)27-21)25-13-18-11-16(2)23(17(3)12-18)29-15-20-7-5-6-10-24-20/h5-7,10-12,19,25H,4,8-9,13-15H2,1-3H3. The van der Waals surface area contributed by atoms with Crippen molar-refractivity contribution >= 4 is 0 Å². The summed E-state index contributed by atoms with van der Waals surface area (Å²) in [6.45, 7) is 8.55. The van der Waals surface area contributed by atoms with Crippen LogP contribution in [0.3, 0.4) is 0 Å². The Hall–Kier alpha value is -2.73. The molecule has 0 saturated heterocycles. The fraction of sp³-hybridized carbons (Fsp3) is 0.435. The normalized spacial score (nSPS) is 15.9. The highest BCUT2D eigenvalue weighted by molar-refractivity contribution is 5.43. The molecule has 1 aromatic carbocycles. The van der Waals surface area contributed by atoms with Crippen LogP contribution in [0.1, 0.15) is 47.4 Å². The van der Waals surface area contributed by atoms with Gasteiger partial charge < -0.3 is 10.1 Å². The van der Waals surface area contributed by atoms with Crippen molar-refractivity contribution in [1.29, 1.82) is 0 Å². The number of aromatic nitrogens is 4. The molecule has 0 fully saturated rings. The van der Waals surface area contributed by atoms with Gasteiger partial charge in [-0.25, -0.2) is 9.67 Å². The van der Waals surface area contributed by atoms with Crippen LogP contribution in [0.25, 0.3) is 0 Å². The summed E-state index contributed by atoms with van der Waals surface area (Å²) >= 11 is 0. The van der Waals surface area contributed by atoms with Crippen LogP contribution in [0.5, 0.6) is 5.75 Å². The van der Waals surface area contributed by atoms with E-state index in [1.165, 1.54) is 5.56 Å². The number of ether oxygens (including phenoxy) is 1. The van der Waals surface area contributed by atoms with Gasteiger partial charge in [0.05, 0.1) is 12.2 Å². The Kier molecular flexibility index (Phi) is 5.90. The number of nitrogens with one attached hydrogen (secondary N) is 1. The minimum Gasteiger partial charge on any atom is -0.487 e. The summed E-state index contributed by atoms with van der Waals surface area (Å²) in [4.78, 5) is 8.93. The summed E-state index contributed by atoms with van der Waals surface area (Å²) in [7, 11) is 0. The Morgan fingerprint density at radius 2 is 2.03 bits per heavy atom. The third-order valence-corrected chi connectivity index (χ3v) is 5.42. The number of aryl methyl sites for hydroxylation is 4. The summed E-state index contributed by atoms with van der Waals surface area (Å²) in [6.07, 6.45) is 4.78. The van der Waals surface area contributed by atoms with E-state index in [2.05, 4.69) is 58.0 Å². The highest BCUT2D eigenvalue weighted by atomic mass is 16.5. The van der Waals surface area contributed by atoms with Gasteiger partial charge >= 0.3 is 0 Å². The van der Waals surface area contributed by atoms with E-state index >= 15 is 0 Å². The van der Waals surface area contributed by atoms with Crippen molar-refractivity contribution in [3.05, 3.63) is 70.6 Å². The minimum absolute atomic E-state index is 0.426. The van der Waals surface area contributed by atoms with Gasteiger partial charge in [-0.2, -0.15) is 5.10 Å². The Balaban J connectivity index is 1.36. The molecule has 1 N–H and O–H groups in total. The van der Waals surface area contributed by atoms with Crippen LogP contribution in [0.4, 0.5) is 0 Å². The molecule has 2 aromatic heterocycles. The van der Waals surface area contributed by atoms with Crippen molar-refractivity contribution in [2.75, 3.05) is 0 Å². The molecule has 1 atom stereocenters. The van der Waals surface area contributed by atoms with Gasteiger partial charge in [-0.15, -0.1) is 0 Å². The molecule has 0 bridgehead atoms. The van der Waals surface area contributed by atoms with Crippen LogP contribution < -0.4 is 10.1 Å². The Labute approximate surface area is 172 Å². The van der Waals surface area contributed by atoms with Gasteiger partial charge in [0.25, 0.3) is 0 Å². The first-order valence-corrected chi connectivity index (χ1v) is 10.4. The second-order valence-corrected chi connectivity index (χ2v) is 7.76. The third-order valence-electron chi connectivity index (χ3n) is 5.42. The van der Waals surface area contributed by atoms with E-state index in [4.69, 9.17) is 4.74 Å². The lowest BCUT2D eigenvalue weighted by Gasteiger charge is -2.24. The number of hydrogen-bond acceptors (Lipinski definition) is 5. The molecule has 1 aliphatic rings. The number of pyridine rings is 1. The van der Waals surface area contributed by atoms with Crippen molar-refractivity contribution in [2.45, 2.75) is 65.8 Å². The maximum atomic E-state index is 6.05. The predicted molar refractivity (Wildman–Crippen MR) is 113 cm³/mol. The van der Waals surface area contributed by atoms with Crippen molar-refractivity contribution in [3.8, 4) is 5.75 Å². The quantitative estimate of drug-likeness (QED) is 0.667. The first kappa shape index (κ1) is 19.6. The molecule has 1 aliphatic heterocycles. The Morgan fingerprint density at radius 3 is 2.76 bits per heavy atom. The monoisotopic (exact) mass is 391 g/mol. The van der Waals surface area contributed by atoms with Crippen LogP contribution in [-0.2, 0) is 32.5 Å². The molecule has 0 aliphatic carbocycles. The van der Waals surface area contributed by atoms with Crippen LogP contribution in [0, 0.1) is 13.8 Å². The molecule has 0 radical (unpaired) electrons. The van der Waals surface area contributed by atoms with Gasteiger partial charge in [-0.05, 0) is 49.1 Å². The lowest BCUT2D eigenvalue weighted by atomic mass is 10.0. The number of hydrogen-bond donors (Lipinski definition) is 1. The van der Waals surface area contributed by atoms with E-state index in [0.29, 0.717) is 12.6 Å². The van der Waals surface area contributed by atoms with Crippen LogP contribution in [-0.4, -0.2) is 25.8 Å². The smallest absolute Gasteiger partial charge is 0.150 e. The molecule has 3 aromatic rings. The van der Waals surface area contributed by atoms with Crippen LogP contribution in [0.15, 0.2) is 36.5 Å². The average Bonchev–Trinajstić information content (AvgIpc) is 3.15. The van der Waals surface area contributed by atoms with Crippen molar-refractivity contribution < 1.29 is 4.74 Å². The van der Waals surface area contributed by atoms with Gasteiger partial charge in [-0.3, -0.25) is 4.98 Å². The highest BCUT2D eigenvalue weighted by Crippen LogP contribution is 2.26. The maximum Gasteiger partial charge on any atom is 0.150 e. The molecular formula is C23H29N5O. The topological polar surface area (TPSA) is 64.9 Å². The molecule has 0 spiro atoms. The van der Waals surface area contributed by atoms with Gasteiger partial charge in [0, 0.05) is 31.6 Å². The molecule has 6 nitrogen and oxygen atoms in total. The molecule has 0 saturated carbocycles. The summed E-state index contributed by atoms with van der Waals surface area (Å²) in [6, 6.07) is 10.7. The van der Waals surface area contributed by atoms with Gasteiger partial charge in [-0.1, -0.05) is 25.1 Å². The van der Waals surface area contributed by atoms with Gasteiger partial charge in [0.1, 0.15) is 18.2 Å². The zero-order valence-corrected chi connectivity index (χ0v) is 17.5. The Morgan fingerprint density at radius 1 is 1.21 bits per heavy atom. The predicted octanol–water partition coefficient (Wildman–Crippen LogP) is 3.54. The fourth-order valence-corrected chi connectivity index (χ4v) is 3.94. The zero-order chi connectivity index (χ0) is 20.2. The summed E-state index contributed by atoms with van der Waals surface area (Å²) in [5.41, 5.74) is 4.54. The van der Waals surface area contributed by atoms with E-state index in [-0.39, 0.29) is 0 Å². The molecular weight excluding hydrogens is 362 g/mol. The SMILES string of the molecule is CCc1nc2n(n1)CC(NCc1cc(C)c(OCc3ccccn3)c(C)c1)CC2. The van der Waals surface area contributed by atoms with E-state index < -0.39 is 0 Å². The molecule has 3 heterocycles.